The number of hydrogen-bond donors (Lipinski definition) is 1. The fourth-order valence-electron chi connectivity index (χ4n) is 1.80. The Labute approximate surface area is 106 Å². The number of carbonyl (C=O) groups is 1. The van der Waals surface area contributed by atoms with E-state index in [0.29, 0.717) is 18.7 Å². The number of carboxylic acids is 1. The zero-order valence-electron chi connectivity index (χ0n) is 11.3. The average molecular weight is 252 g/mol. The number of aromatic nitrogens is 2. The number of aromatic carboxylic acids is 1. The summed E-state index contributed by atoms with van der Waals surface area (Å²) in [6, 6.07) is 0. The van der Waals surface area contributed by atoms with Crippen molar-refractivity contribution in [1.82, 2.24) is 9.55 Å². The summed E-state index contributed by atoms with van der Waals surface area (Å²) in [5, 5.41) is 9.16. The lowest BCUT2D eigenvalue weighted by Gasteiger charge is -2.12. The number of hydrogen-bond acceptors (Lipinski definition) is 3. The van der Waals surface area contributed by atoms with Crippen molar-refractivity contribution < 1.29 is 9.90 Å². The summed E-state index contributed by atoms with van der Waals surface area (Å²) in [6.07, 6.45) is 1.95. The highest BCUT2D eigenvalue weighted by Crippen LogP contribution is 2.08. The SMILES string of the molecule is CC(C)Cc1ncn(CC(C)C)c(=O)c1C(=O)O. The van der Waals surface area contributed by atoms with Crippen molar-refractivity contribution in [2.24, 2.45) is 11.8 Å². The second kappa shape index (κ2) is 5.80. The zero-order valence-corrected chi connectivity index (χ0v) is 11.3. The van der Waals surface area contributed by atoms with Gasteiger partial charge in [-0.2, -0.15) is 0 Å². The van der Waals surface area contributed by atoms with Crippen molar-refractivity contribution in [2.75, 3.05) is 0 Å². The quantitative estimate of drug-likeness (QED) is 0.867. The first kappa shape index (κ1) is 14.4. The van der Waals surface area contributed by atoms with Crippen LogP contribution in [0.15, 0.2) is 11.1 Å². The molecule has 0 amide bonds. The monoisotopic (exact) mass is 252 g/mol. The number of nitrogens with zero attached hydrogens (tertiary/aromatic N) is 2. The third-order valence-corrected chi connectivity index (χ3v) is 2.49. The summed E-state index contributed by atoms with van der Waals surface area (Å²) in [6.45, 7) is 8.35. The van der Waals surface area contributed by atoms with Gasteiger partial charge in [0.25, 0.3) is 5.56 Å². The molecule has 0 spiro atoms. The van der Waals surface area contributed by atoms with Gasteiger partial charge in [-0.05, 0) is 18.3 Å². The Morgan fingerprint density at radius 3 is 2.39 bits per heavy atom. The van der Waals surface area contributed by atoms with Gasteiger partial charge in [-0.25, -0.2) is 9.78 Å². The molecule has 0 aromatic carbocycles. The maximum absolute atomic E-state index is 12.1. The van der Waals surface area contributed by atoms with Crippen LogP contribution < -0.4 is 5.56 Å². The van der Waals surface area contributed by atoms with Crippen molar-refractivity contribution in [3.63, 3.8) is 0 Å². The summed E-state index contributed by atoms with van der Waals surface area (Å²) < 4.78 is 1.37. The standard InChI is InChI=1S/C13H20N2O3/c1-8(2)5-10-11(13(17)18)12(16)15(7-14-10)6-9(3)4/h7-9H,5-6H2,1-4H3,(H,17,18). The van der Waals surface area contributed by atoms with Gasteiger partial charge < -0.3 is 5.11 Å². The van der Waals surface area contributed by atoms with Crippen LogP contribution in [0.2, 0.25) is 0 Å². The lowest BCUT2D eigenvalue weighted by molar-refractivity contribution is 0.0691. The molecule has 0 unspecified atom stereocenters. The average Bonchev–Trinajstić information content (AvgIpc) is 2.20. The molecular weight excluding hydrogens is 232 g/mol. The molecule has 0 atom stereocenters. The van der Waals surface area contributed by atoms with Crippen LogP contribution in [-0.4, -0.2) is 20.6 Å². The topological polar surface area (TPSA) is 72.2 Å². The van der Waals surface area contributed by atoms with E-state index in [4.69, 9.17) is 5.11 Å². The first-order valence-corrected chi connectivity index (χ1v) is 6.14. The van der Waals surface area contributed by atoms with Crippen molar-refractivity contribution in [3.05, 3.63) is 27.9 Å². The summed E-state index contributed by atoms with van der Waals surface area (Å²) in [5.41, 5.74) is -0.267. The smallest absolute Gasteiger partial charge is 0.343 e. The summed E-state index contributed by atoms with van der Waals surface area (Å²) in [5.74, 6) is -0.667. The highest BCUT2D eigenvalue weighted by molar-refractivity contribution is 5.88. The Morgan fingerprint density at radius 1 is 1.33 bits per heavy atom. The molecule has 1 aromatic heterocycles. The molecule has 1 aromatic rings. The van der Waals surface area contributed by atoms with E-state index >= 15 is 0 Å². The van der Waals surface area contributed by atoms with Gasteiger partial charge in [-0.3, -0.25) is 9.36 Å². The van der Waals surface area contributed by atoms with Gasteiger partial charge in [0.05, 0.1) is 12.0 Å². The molecule has 1 N–H and O–H groups in total. The van der Waals surface area contributed by atoms with Crippen molar-refractivity contribution in [1.29, 1.82) is 0 Å². The van der Waals surface area contributed by atoms with E-state index in [9.17, 15) is 9.59 Å². The van der Waals surface area contributed by atoms with Gasteiger partial charge in [0.2, 0.25) is 0 Å². The van der Waals surface area contributed by atoms with Crippen LogP contribution >= 0.6 is 0 Å². The summed E-state index contributed by atoms with van der Waals surface area (Å²) in [4.78, 5) is 27.4. The molecule has 0 bridgehead atoms. The first-order chi connectivity index (χ1) is 8.32. The van der Waals surface area contributed by atoms with Crippen LogP contribution in [0, 0.1) is 11.8 Å². The van der Waals surface area contributed by atoms with Crippen LogP contribution in [0.25, 0.3) is 0 Å². The second-order valence-corrected chi connectivity index (χ2v) is 5.32. The van der Waals surface area contributed by atoms with E-state index in [1.807, 2.05) is 27.7 Å². The van der Waals surface area contributed by atoms with Crippen molar-refractivity contribution in [3.8, 4) is 0 Å². The highest BCUT2D eigenvalue weighted by atomic mass is 16.4. The van der Waals surface area contributed by atoms with Crippen molar-refractivity contribution >= 4 is 5.97 Å². The van der Waals surface area contributed by atoms with Gasteiger partial charge in [0, 0.05) is 6.54 Å². The summed E-state index contributed by atoms with van der Waals surface area (Å²) in [7, 11) is 0. The molecule has 5 heteroatoms. The maximum Gasteiger partial charge on any atom is 0.343 e. The van der Waals surface area contributed by atoms with E-state index in [2.05, 4.69) is 4.98 Å². The molecule has 100 valence electrons. The van der Waals surface area contributed by atoms with Gasteiger partial charge in [0.15, 0.2) is 0 Å². The van der Waals surface area contributed by atoms with Crippen LogP contribution in [-0.2, 0) is 13.0 Å². The maximum atomic E-state index is 12.1. The van der Waals surface area contributed by atoms with Crippen molar-refractivity contribution in [2.45, 2.75) is 40.7 Å². The van der Waals surface area contributed by atoms with Crippen LogP contribution in [0.3, 0.4) is 0 Å². The largest absolute Gasteiger partial charge is 0.477 e. The predicted molar refractivity (Wildman–Crippen MR) is 68.8 cm³/mol. The minimum Gasteiger partial charge on any atom is -0.477 e. The minimum absolute atomic E-state index is 0.188. The predicted octanol–water partition coefficient (Wildman–Crippen LogP) is 1.80. The van der Waals surface area contributed by atoms with Gasteiger partial charge in [-0.15, -0.1) is 0 Å². The molecule has 5 nitrogen and oxygen atoms in total. The summed E-state index contributed by atoms with van der Waals surface area (Å²) >= 11 is 0. The first-order valence-electron chi connectivity index (χ1n) is 6.14. The third-order valence-electron chi connectivity index (χ3n) is 2.49. The zero-order chi connectivity index (χ0) is 13.9. The molecule has 1 rings (SSSR count). The molecular formula is C13H20N2O3. The molecule has 18 heavy (non-hydrogen) atoms. The molecule has 0 saturated heterocycles. The Bertz CT molecular complexity index is 489. The van der Waals surface area contributed by atoms with E-state index in [0.717, 1.165) is 0 Å². The van der Waals surface area contributed by atoms with Gasteiger partial charge >= 0.3 is 5.97 Å². The lowest BCUT2D eigenvalue weighted by Crippen LogP contribution is -2.30. The fourth-order valence-corrected chi connectivity index (χ4v) is 1.80. The Hall–Kier alpha value is -1.65. The number of rotatable bonds is 5. The van der Waals surface area contributed by atoms with Crippen LogP contribution in [0.1, 0.15) is 43.7 Å². The molecule has 0 fully saturated rings. The van der Waals surface area contributed by atoms with E-state index < -0.39 is 11.5 Å². The molecule has 0 aliphatic rings. The molecule has 0 aliphatic heterocycles. The van der Waals surface area contributed by atoms with Crippen LogP contribution in [0.5, 0.6) is 0 Å². The minimum atomic E-state index is -1.19. The fraction of sp³-hybridized carbons (Fsp3) is 0.615. The highest BCUT2D eigenvalue weighted by Gasteiger charge is 2.19. The van der Waals surface area contributed by atoms with Gasteiger partial charge in [-0.1, -0.05) is 27.7 Å². The third kappa shape index (κ3) is 3.42. The Morgan fingerprint density at radius 2 is 1.94 bits per heavy atom. The number of carboxylic acid groups (broad SMARTS) is 1. The molecule has 1 heterocycles. The Balaban J connectivity index is 3.29. The molecule has 0 radical (unpaired) electrons. The lowest BCUT2D eigenvalue weighted by atomic mass is 10.0. The Kier molecular flexibility index (Phi) is 4.64. The van der Waals surface area contributed by atoms with E-state index in [-0.39, 0.29) is 17.4 Å². The molecule has 0 saturated carbocycles. The van der Waals surface area contributed by atoms with E-state index in [1.165, 1.54) is 10.9 Å². The van der Waals surface area contributed by atoms with Crippen LogP contribution in [0.4, 0.5) is 0 Å². The molecule has 0 aliphatic carbocycles. The van der Waals surface area contributed by atoms with E-state index in [1.54, 1.807) is 0 Å². The van der Waals surface area contributed by atoms with Gasteiger partial charge in [0.1, 0.15) is 5.56 Å². The normalized spacial score (nSPS) is 11.2. The second-order valence-electron chi connectivity index (χ2n) is 5.32.